The Morgan fingerprint density at radius 1 is 0.754 bits per heavy atom. The summed E-state index contributed by atoms with van der Waals surface area (Å²) >= 11 is 4.15. The van der Waals surface area contributed by atoms with Crippen molar-refractivity contribution in [1.29, 1.82) is 0 Å². The Labute approximate surface area is 377 Å². The van der Waals surface area contributed by atoms with Crippen LogP contribution >= 0.6 is 34.0 Å². The van der Waals surface area contributed by atoms with E-state index in [1.807, 2.05) is 41.5 Å². The third-order valence-corrected chi connectivity index (χ3v) is 15.0. The molecule has 0 radical (unpaired) electrons. The fraction of sp³-hybridized carbons (Fsp3) is 0.733. The van der Waals surface area contributed by atoms with Gasteiger partial charge in [-0.05, 0) is 110 Å². The number of ketones is 2. The average Bonchev–Trinajstić information content (AvgIpc) is 3.95. The van der Waals surface area contributed by atoms with Crippen molar-refractivity contribution in [3.05, 3.63) is 46.7 Å². The van der Waals surface area contributed by atoms with E-state index in [0.29, 0.717) is 90.0 Å². The third kappa shape index (κ3) is 14.0. The molecule has 1 unspecified atom stereocenters. The fourth-order valence-corrected chi connectivity index (χ4v) is 11.2. The Hall–Kier alpha value is -2.54. The van der Waals surface area contributed by atoms with E-state index in [-0.39, 0.29) is 29.4 Å². The lowest BCUT2D eigenvalue weighted by atomic mass is 9.86. The van der Waals surface area contributed by atoms with Crippen LogP contribution in [-0.2, 0) is 17.6 Å². The Bertz CT molecular complexity index is 1850. The monoisotopic (exact) mass is 904 g/mol. The van der Waals surface area contributed by atoms with Crippen molar-refractivity contribution in [1.82, 2.24) is 30.9 Å². The highest BCUT2D eigenvalue weighted by Gasteiger charge is 2.39. The molecule has 0 spiro atoms. The van der Waals surface area contributed by atoms with Gasteiger partial charge in [-0.15, -0.1) is 34.0 Å². The van der Waals surface area contributed by atoms with Gasteiger partial charge < -0.3 is 27.6 Å². The van der Waals surface area contributed by atoms with Crippen molar-refractivity contribution in [2.75, 3.05) is 13.1 Å². The van der Waals surface area contributed by atoms with Crippen LogP contribution in [0.4, 0.5) is 0 Å². The molecule has 13 nitrogen and oxygen atoms in total. The summed E-state index contributed by atoms with van der Waals surface area (Å²) in [5.74, 6) is 0.121. The van der Waals surface area contributed by atoms with Gasteiger partial charge in [0.2, 0.25) is 0 Å². The van der Waals surface area contributed by atoms with E-state index in [0.717, 1.165) is 52.8 Å². The number of aliphatic hydroxyl groups is 1. The van der Waals surface area contributed by atoms with Crippen molar-refractivity contribution >= 4 is 51.5 Å². The van der Waals surface area contributed by atoms with E-state index in [9.17, 15) is 19.5 Å². The molecule has 1 amide bonds. The van der Waals surface area contributed by atoms with Crippen LogP contribution in [0.2, 0.25) is 0 Å². The minimum atomic E-state index is -1.15. The van der Waals surface area contributed by atoms with E-state index in [1.165, 1.54) is 34.0 Å². The van der Waals surface area contributed by atoms with Crippen LogP contribution in [0.3, 0.4) is 0 Å². The van der Waals surface area contributed by atoms with Gasteiger partial charge in [0.1, 0.15) is 16.9 Å². The van der Waals surface area contributed by atoms with Gasteiger partial charge in [0.25, 0.3) is 5.91 Å². The second-order valence-corrected chi connectivity index (χ2v) is 20.8. The lowest BCUT2D eigenvalue weighted by Gasteiger charge is -2.35. The number of nitrogens with two attached hydrogens (primary N) is 3. The number of carbonyl (C=O) groups is 3. The molecule has 0 aromatic carbocycles. The van der Waals surface area contributed by atoms with Gasteiger partial charge in [-0.25, -0.2) is 15.0 Å². The number of thiazole rings is 3. The molecule has 0 saturated heterocycles. The minimum absolute atomic E-state index is 0.0715. The van der Waals surface area contributed by atoms with Gasteiger partial charge in [-0.2, -0.15) is 0 Å². The fourth-order valence-electron chi connectivity index (χ4n) is 7.76. The maximum atomic E-state index is 14.6. The number of nitrogens with zero attached hydrogens (tertiary/aromatic N) is 3. The molecule has 0 aliphatic carbocycles. The Morgan fingerprint density at radius 2 is 1.38 bits per heavy atom. The molecule has 4 atom stereocenters. The molecule has 0 aliphatic rings. The third-order valence-electron chi connectivity index (χ3n) is 11.8. The summed E-state index contributed by atoms with van der Waals surface area (Å²) in [7, 11) is 0. The Morgan fingerprint density at radius 3 is 1.93 bits per heavy atom. The summed E-state index contributed by atoms with van der Waals surface area (Å²) in [6.07, 6.45) is 7.01. The van der Waals surface area contributed by atoms with Crippen LogP contribution in [0, 0.1) is 18.8 Å². The number of carbonyl (C=O) groups excluding carboxylic acids is 3. The first kappa shape index (κ1) is 52.8. The minimum Gasteiger partial charge on any atom is -0.373 e. The highest BCUT2D eigenvalue weighted by Crippen LogP contribution is 2.37. The number of aliphatic hydroxyl groups excluding tert-OH is 1. The average molecular weight is 904 g/mol. The maximum Gasteiger partial charge on any atom is 0.263 e. The molecule has 3 aromatic rings. The zero-order chi connectivity index (χ0) is 45.7. The Kier molecular flexibility index (Phi) is 21.2. The summed E-state index contributed by atoms with van der Waals surface area (Å²) in [5.41, 5.74) is 18.4. The van der Waals surface area contributed by atoms with E-state index in [2.05, 4.69) is 43.6 Å². The number of aromatic nitrogens is 3. The van der Waals surface area contributed by atoms with Gasteiger partial charge in [0.05, 0.1) is 71.1 Å². The zero-order valence-corrected chi connectivity index (χ0v) is 41.3. The number of amides is 1. The molecule has 0 aliphatic heterocycles. The number of Topliss-reactive ketones (excluding diaryl/α,β-unsaturated/α-hetero) is 2. The van der Waals surface area contributed by atoms with Gasteiger partial charge >= 0.3 is 0 Å². The van der Waals surface area contributed by atoms with E-state index < -0.39 is 29.4 Å². The quantitative estimate of drug-likeness (QED) is 0.0199. The summed E-state index contributed by atoms with van der Waals surface area (Å²) in [4.78, 5) is 58.3. The van der Waals surface area contributed by atoms with Crippen LogP contribution in [0.15, 0.2) is 0 Å². The van der Waals surface area contributed by atoms with Gasteiger partial charge in [0.15, 0.2) is 5.78 Å². The van der Waals surface area contributed by atoms with Crippen molar-refractivity contribution in [2.24, 2.45) is 29.0 Å². The normalized spacial score (nSPS) is 14.4. The van der Waals surface area contributed by atoms with Crippen molar-refractivity contribution in [2.45, 2.75) is 189 Å². The topological polar surface area (TPSA) is 224 Å². The smallest absolute Gasteiger partial charge is 0.263 e. The van der Waals surface area contributed by atoms with Gasteiger partial charge in [-0.1, -0.05) is 61.8 Å². The van der Waals surface area contributed by atoms with Crippen LogP contribution in [-0.4, -0.2) is 61.7 Å². The highest BCUT2D eigenvalue weighted by atomic mass is 32.1. The Balaban J connectivity index is 2.10. The first-order valence-corrected chi connectivity index (χ1v) is 25.0. The van der Waals surface area contributed by atoms with Crippen molar-refractivity contribution in [3.63, 3.8) is 0 Å². The molecule has 0 fully saturated rings. The van der Waals surface area contributed by atoms with Crippen molar-refractivity contribution < 1.29 is 19.5 Å². The van der Waals surface area contributed by atoms with E-state index >= 15 is 0 Å². The number of aryl methyl sites for hydroxylation is 2. The van der Waals surface area contributed by atoms with Gasteiger partial charge in [-0.3, -0.25) is 25.0 Å². The number of unbranched alkanes of at least 4 members (excludes halogenated alkanes) is 2. The summed E-state index contributed by atoms with van der Waals surface area (Å²) in [6.45, 7) is 22.9. The van der Waals surface area contributed by atoms with Crippen LogP contribution in [0.5, 0.6) is 0 Å². The zero-order valence-electron chi connectivity index (χ0n) is 38.8. The SMILES string of the molecule is CCC(N)(CC)C(=O)c1sc(C)nc1[C@H](CC(C)C)NC(=O)c1sc(CCCCN)nc1[C@H](C)NC(O)c1sc(CC(C)C)nc1[C@H](CCCCN)NC(CC)(CC)C(C)=O. The number of nitrogens with one attached hydrogen (secondary N) is 3. The molecule has 0 saturated carbocycles. The largest absolute Gasteiger partial charge is 0.373 e. The molecule has 61 heavy (non-hydrogen) atoms. The number of hydrogen-bond acceptors (Lipinski definition) is 15. The molecule has 3 heterocycles. The molecule has 344 valence electrons. The van der Waals surface area contributed by atoms with Crippen LogP contribution in [0.1, 0.15) is 214 Å². The van der Waals surface area contributed by atoms with Crippen molar-refractivity contribution in [3.8, 4) is 0 Å². The lowest BCUT2D eigenvalue weighted by Crippen LogP contribution is -2.51. The summed E-state index contributed by atoms with van der Waals surface area (Å²) in [5, 5.41) is 25.0. The molecule has 10 N–H and O–H groups in total. The number of hydrogen-bond donors (Lipinski definition) is 7. The van der Waals surface area contributed by atoms with E-state index in [4.69, 9.17) is 32.2 Å². The van der Waals surface area contributed by atoms with E-state index in [1.54, 1.807) is 6.92 Å². The number of rotatable bonds is 29. The summed E-state index contributed by atoms with van der Waals surface area (Å²) < 4.78 is 0. The standard InChI is InChI=1S/C45H77N9O4S3/c1-12-44(48,13-2)41(56)38-37(50-30(11)59-38)32(24-26(5)6)51-43(58)39-35(52-33(60-39)21-17-19-23-47)28(9)49-42(57)40-36(53-34(61-40)25-27(7)8)31(20-16-18-22-46)54-45(14-3,15-4)29(10)55/h26-28,31-32,42,49,54,57H,12-25,46-48H2,1-11H3,(H,51,58)/t28-,31-,32-,42?/m0/s1. The summed E-state index contributed by atoms with van der Waals surface area (Å²) in [6, 6.07) is -1.40. The maximum absolute atomic E-state index is 14.6. The first-order valence-electron chi connectivity index (χ1n) is 22.6. The molecular weight excluding hydrogens is 827 g/mol. The predicted octanol–water partition coefficient (Wildman–Crippen LogP) is 8.31. The highest BCUT2D eigenvalue weighted by molar-refractivity contribution is 7.14. The molecule has 0 bridgehead atoms. The second kappa shape index (κ2) is 24.5. The van der Waals surface area contributed by atoms with Crippen LogP contribution < -0.4 is 33.2 Å². The lowest BCUT2D eigenvalue weighted by molar-refractivity contribution is -0.124. The molecular formula is C45H77N9O4S3. The van der Waals surface area contributed by atoms with Crippen LogP contribution in [0.25, 0.3) is 0 Å². The van der Waals surface area contributed by atoms with Gasteiger partial charge in [0, 0.05) is 6.42 Å². The molecule has 3 rings (SSSR count). The molecule has 3 aromatic heterocycles. The predicted molar refractivity (Wildman–Crippen MR) is 252 cm³/mol. The second-order valence-electron chi connectivity index (χ2n) is 17.4. The first-order chi connectivity index (χ1) is 28.8. The molecule has 16 heteroatoms.